The number of rotatable bonds is 2. The molecule has 2 aliphatic heterocycles. The number of nitrogens with one attached hydrogen (secondary N) is 1. The lowest BCUT2D eigenvalue weighted by molar-refractivity contribution is -0.133. The maximum Gasteiger partial charge on any atom is 0.340 e. The molecule has 0 aliphatic carbocycles. The molecule has 4 heteroatoms. The average molecular weight is 332 g/mol. The second-order valence-corrected chi connectivity index (χ2v) is 6.40. The molecule has 2 aromatic rings. The Balaban J connectivity index is 2.01. The predicted octanol–water partition coefficient (Wildman–Crippen LogP) is 3.61. The number of fused-ring (bicyclic) bond motifs is 2. The van der Waals surface area contributed by atoms with Crippen molar-refractivity contribution < 1.29 is 9.53 Å². The van der Waals surface area contributed by atoms with Crippen LogP contribution < -0.4 is 5.32 Å². The predicted molar refractivity (Wildman–Crippen MR) is 98.9 cm³/mol. The van der Waals surface area contributed by atoms with Gasteiger partial charge in [-0.15, -0.1) is 0 Å². The minimum atomic E-state index is -0.379. The minimum Gasteiger partial charge on any atom is -0.465 e. The van der Waals surface area contributed by atoms with Crippen molar-refractivity contribution in [3.8, 4) is 0 Å². The Hall–Kier alpha value is -2.88. The molecule has 126 valence electrons. The van der Waals surface area contributed by atoms with Gasteiger partial charge in [0.1, 0.15) is 0 Å². The van der Waals surface area contributed by atoms with E-state index in [4.69, 9.17) is 9.73 Å². The van der Waals surface area contributed by atoms with Gasteiger partial charge in [-0.25, -0.2) is 4.79 Å². The summed E-state index contributed by atoms with van der Waals surface area (Å²) in [5.74, 6) is -0.327. The van der Waals surface area contributed by atoms with Gasteiger partial charge in [-0.1, -0.05) is 48.5 Å². The summed E-state index contributed by atoms with van der Waals surface area (Å²) >= 11 is 0. The lowest BCUT2D eigenvalue weighted by Crippen LogP contribution is -2.34. The summed E-state index contributed by atoms with van der Waals surface area (Å²) in [4.78, 5) is 17.5. The second-order valence-electron chi connectivity index (χ2n) is 6.40. The molecule has 0 saturated carbocycles. The van der Waals surface area contributed by atoms with E-state index in [2.05, 4.69) is 11.4 Å². The maximum atomic E-state index is 12.7. The standard InChI is InChI=1S/C21H20N2O2/c1-14-21(16-10-6-7-11-17(16)23-14)12-13-22-19(21)18(20(24)25-2)15-8-4-3-5-9-15/h3-11,22H,12-13H2,1-2H3/b19-18-. The highest BCUT2D eigenvalue weighted by Gasteiger charge is 2.49. The zero-order chi connectivity index (χ0) is 17.4. The number of esters is 1. The van der Waals surface area contributed by atoms with Gasteiger partial charge in [-0.3, -0.25) is 4.99 Å². The number of carbonyl (C=O) groups excluding carboxylic acids is 1. The van der Waals surface area contributed by atoms with E-state index in [1.54, 1.807) is 0 Å². The minimum absolute atomic E-state index is 0.327. The molecule has 25 heavy (non-hydrogen) atoms. The summed E-state index contributed by atoms with van der Waals surface area (Å²) in [5, 5.41) is 3.47. The number of para-hydroxylation sites is 1. The van der Waals surface area contributed by atoms with Crippen LogP contribution >= 0.6 is 0 Å². The molecule has 4 rings (SSSR count). The molecule has 1 unspecified atom stereocenters. The molecular formula is C21H20N2O2. The molecule has 1 saturated heterocycles. The molecule has 2 aliphatic rings. The van der Waals surface area contributed by atoms with Gasteiger partial charge in [0.05, 0.1) is 23.8 Å². The first-order valence-corrected chi connectivity index (χ1v) is 8.46. The Labute approximate surface area is 147 Å². The largest absolute Gasteiger partial charge is 0.465 e. The van der Waals surface area contributed by atoms with Gasteiger partial charge in [-0.05, 0) is 30.5 Å². The normalized spacial score (nSPS) is 23.0. The molecule has 1 N–H and O–H groups in total. The third kappa shape index (κ3) is 2.21. The van der Waals surface area contributed by atoms with Crippen LogP contribution in [-0.4, -0.2) is 25.3 Å². The monoisotopic (exact) mass is 332 g/mol. The highest BCUT2D eigenvalue weighted by atomic mass is 16.5. The quantitative estimate of drug-likeness (QED) is 0.675. The van der Waals surface area contributed by atoms with Crippen LogP contribution in [0.25, 0.3) is 5.57 Å². The van der Waals surface area contributed by atoms with E-state index in [-0.39, 0.29) is 11.4 Å². The number of ether oxygens (including phenoxy) is 1. The Bertz CT molecular complexity index is 899. The van der Waals surface area contributed by atoms with Crippen molar-refractivity contribution in [2.24, 2.45) is 4.99 Å². The Kier molecular flexibility index (Phi) is 3.68. The number of carbonyl (C=O) groups is 1. The third-order valence-electron chi connectivity index (χ3n) is 5.20. The van der Waals surface area contributed by atoms with Crippen molar-refractivity contribution in [1.82, 2.24) is 5.32 Å². The molecule has 2 aromatic carbocycles. The van der Waals surface area contributed by atoms with E-state index < -0.39 is 0 Å². The van der Waals surface area contributed by atoms with Gasteiger partial charge in [0, 0.05) is 18.0 Å². The van der Waals surface area contributed by atoms with Crippen LogP contribution in [0.15, 0.2) is 65.3 Å². The van der Waals surface area contributed by atoms with Crippen LogP contribution in [0.3, 0.4) is 0 Å². The number of hydrogen-bond donors (Lipinski definition) is 1. The van der Waals surface area contributed by atoms with E-state index in [1.807, 2.05) is 55.5 Å². The van der Waals surface area contributed by atoms with Crippen LogP contribution in [0.5, 0.6) is 0 Å². The molecule has 0 bridgehead atoms. The summed E-state index contributed by atoms with van der Waals surface area (Å²) in [7, 11) is 1.43. The third-order valence-corrected chi connectivity index (χ3v) is 5.20. The first-order valence-electron chi connectivity index (χ1n) is 8.46. The zero-order valence-corrected chi connectivity index (χ0v) is 14.4. The van der Waals surface area contributed by atoms with Crippen molar-refractivity contribution >= 4 is 22.9 Å². The van der Waals surface area contributed by atoms with Crippen LogP contribution in [0, 0.1) is 0 Å². The van der Waals surface area contributed by atoms with Crippen molar-refractivity contribution in [2.45, 2.75) is 18.8 Å². The molecule has 1 spiro atoms. The second kappa shape index (κ2) is 5.88. The molecule has 1 fully saturated rings. The smallest absolute Gasteiger partial charge is 0.340 e. The first kappa shape index (κ1) is 15.6. The van der Waals surface area contributed by atoms with E-state index in [0.29, 0.717) is 5.57 Å². The lowest BCUT2D eigenvalue weighted by Gasteiger charge is -2.28. The topological polar surface area (TPSA) is 50.7 Å². The van der Waals surface area contributed by atoms with Crippen LogP contribution in [0.4, 0.5) is 5.69 Å². The summed E-state index contributed by atoms with van der Waals surface area (Å²) in [6.45, 7) is 2.84. The Morgan fingerprint density at radius 2 is 1.84 bits per heavy atom. The molecule has 0 amide bonds. The van der Waals surface area contributed by atoms with Crippen LogP contribution in [0.2, 0.25) is 0 Å². The molecule has 0 radical (unpaired) electrons. The molecule has 2 heterocycles. The summed E-state index contributed by atoms with van der Waals surface area (Å²) < 4.78 is 5.13. The van der Waals surface area contributed by atoms with E-state index >= 15 is 0 Å². The molecular weight excluding hydrogens is 312 g/mol. The molecule has 0 aromatic heterocycles. The van der Waals surface area contributed by atoms with Gasteiger partial charge >= 0.3 is 5.97 Å². The van der Waals surface area contributed by atoms with E-state index in [0.717, 1.165) is 41.2 Å². The van der Waals surface area contributed by atoms with E-state index in [1.165, 1.54) is 7.11 Å². The maximum absolute atomic E-state index is 12.7. The van der Waals surface area contributed by atoms with Crippen molar-refractivity contribution in [2.75, 3.05) is 13.7 Å². The van der Waals surface area contributed by atoms with Gasteiger partial charge in [0.2, 0.25) is 0 Å². The van der Waals surface area contributed by atoms with Crippen LogP contribution in [0.1, 0.15) is 24.5 Å². The van der Waals surface area contributed by atoms with Gasteiger partial charge in [0.25, 0.3) is 0 Å². The Morgan fingerprint density at radius 3 is 2.60 bits per heavy atom. The van der Waals surface area contributed by atoms with Crippen molar-refractivity contribution in [3.63, 3.8) is 0 Å². The highest BCUT2D eigenvalue weighted by Crippen LogP contribution is 2.50. The average Bonchev–Trinajstić information content (AvgIpc) is 3.20. The number of allylic oxidation sites excluding steroid dienone is 1. The fraction of sp³-hybridized carbons (Fsp3) is 0.238. The zero-order valence-electron chi connectivity index (χ0n) is 14.4. The van der Waals surface area contributed by atoms with Crippen molar-refractivity contribution in [3.05, 3.63) is 71.4 Å². The van der Waals surface area contributed by atoms with E-state index in [9.17, 15) is 4.79 Å². The van der Waals surface area contributed by atoms with Crippen LogP contribution in [-0.2, 0) is 14.9 Å². The Morgan fingerprint density at radius 1 is 1.12 bits per heavy atom. The lowest BCUT2D eigenvalue weighted by atomic mass is 9.73. The van der Waals surface area contributed by atoms with Gasteiger partial charge < -0.3 is 10.1 Å². The molecule has 1 atom stereocenters. The number of aliphatic imine (C=N–C) groups is 1. The van der Waals surface area contributed by atoms with Gasteiger partial charge in [-0.2, -0.15) is 0 Å². The fourth-order valence-electron chi connectivity index (χ4n) is 4.06. The number of methoxy groups -OCH3 is 1. The SMILES string of the molecule is COC(=O)/C(=C1\NCCC12C(C)=Nc1ccccc12)c1ccccc1. The van der Waals surface area contributed by atoms with Gasteiger partial charge in [0.15, 0.2) is 0 Å². The molecule has 4 nitrogen and oxygen atoms in total. The summed E-state index contributed by atoms with van der Waals surface area (Å²) in [6.07, 6.45) is 0.877. The number of nitrogens with zero attached hydrogens (tertiary/aromatic N) is 1. The number of benzene rings is 2. The number of hydrogen-bond acceptors (Lipinski definition) is 4. The van der Waals surface area contributed by atoms with Crippen molar-refractivity contribution in [1.29, 1.82) is 0 Å². The highest BCUT2D eigenvalue weighted by molar-refractivity contribution is 6.20. The first-order chi connectivity index (χ1) is 12.2. The fourth-order valence-corrected chi connectivity index (χ4v) is 4.06. The summed E-state index contributed by atoms with van der Waals surface area (Å²) in [6, 6.07) is 17.9. The summed E-state index contributed by atoms with van der Waals surface area (Å²) in [5.41, 5.74) is 5.13.